The third kappa shape index (κ3) is 3.10. The minimum Gasteiger partial charge on any atom is -0.481 e. The highest BCUT2D eigenvalue weighted by molar-refractivity contribution is 7.99. The van der Waals surface area contributed by atoms with Gasteiger partial charge in [-0.3, -0.25) is 9.36 Å². The van der Waals surface area contributed by atoms with E-state index in [2.05, 4.69) is 10.2 Å². The van der Waals surface area contributed by atoms with Gasteiger partial charge < -0.3 is 5.11 Å². The first-order valence-corrected chi connectivity index (χ1v) is 7.13. The number of nitrogens with zero attached hydrogens (tertiary/aromatic N) is 3. The number of carbonyl (C=O) groups is 1. The molecule has 0 atom stereocenters. The topological polar surface area (TPSA) is 68.0 Å². The maximum atomic E-state index is 13.6. The van der Waals surface area contributed by atoms with Crippen LogP contribution in [0.5, 0.6) is 0 Å². The smallest absolute Gasteiger partial charge is 0.313 e. The monoisotopic (exact) mass is 315 g/mol. The summed E-state index contributed by atoms with van der Waals surface area (Å²) in [6, 6.07) is 4.35. The summed E-state index contributed by atoms with van der Waals surface area (Å²) in [6.07, 6.45) is 0.588. The van der Waals surface area contributed by atoms with Gasteiger partial charge >= 0.3 is 5.97 Å². The Morgan fingerprint density at radius 2 is 2.25 bits per heavy atom. The number of carboxylic acid groups (broad SMARTS) is 1. The summed E-state index contributed by atoms with van der Waals surface area (Å²) < 4.78 is 15.2. The first kappa shape index (κ1) is 14.8. The van der Waals surface area contributed by atoms with E-state index in [9.17, 15) is 9.18 Å². The fourth-order valence-electron chi connectivity index (χ4n) is 1.63. The van der Waals surface area contributed by atoms with Crippen molar-refractivity contribution in [2.75, 3.05) is 5.75 Å². The first-order valence-electron chi connectivity index (χ1n) is 5.77. The third-order valence-corrected chi connectivity index (χ3v) is 3.72. The molecule has 0 fully saturated rings. The average Bonchev–Trinajstić information content (AvgIpc) is 2.82. The molecule has 0 aliphatic rings. The van der Waals surface area contributed by atoms with Gasteiger partial charge in [0.05, 0.1) is 16.5 Å². The van der Waals surface area contributed by atoms with Gasteiger partial charge in [0.1, 0.15) is 11.6 Å². The van der Waals surface area contributed by atoms with Gasteiger partial charge in [-0.05, 0) is 18.2 Å². The van der Waals surface area contributed by atoms with E-state index >= 15 is 0 Å². The Kier molecular flexibility index (Phi) is 4.61. The van der Waals surface area contributed by atoms with E-state index in [1.165, 1.54) is 12.1 Å². The molecule has 0 saturated heterocycles. The highest BCUT2D eigenvalue weighted by atomic mass is 35.5. The number of hydrogen-bond donors (Lipinski definition) is 1. The van der Waals surface area contributed by atoms with Gasteiger partial charge in [0.2, 0.25) is 0 Å². The van der Waals surface area contributed by atoms with Crippen LogP contribution in [0.1, 0.15) is 12.7 Å². The molecule has 0 spiro atoms. The van der Waals surface area contributed by atoms with Gasteiger partial charge in [-0.15, -0.1) is 10.2 Å². The van der Waals surface area contributed by atoms with Gasteiger partial charge in [-0.25, -0.2) is 4.39 Å². The summed E-state index contributed by atoms with van der Waals surface area (Å²) in [5, 5.41) is 17.1. The Bertz CT molecular complexity index is 648. The number of rotatable bonds is 5. The van der Waals surface area contributed by atoms with E-state index in [0.29, 0.717) is 23.1 Å². The van der Waals surface area contributed by atoms with Crippen LogP contribution in [0, 0.1) is 5.82 Å². The fourth-order valence-corrected chi connectivity index (χ4v) is 2.44. The van der Waals surface area contributed by atoms with E-state index in [1.54, 1.807) is 10.6 Å². The van der Waals surface area contributed by atoms with Crippen LogP contribution in [0.2, 0.25) is 5.02 Å². The van der Waals surface area contributed by atoms with Crippen molar-refractivity contribution in [1.82, 2.24) is 14.8 Å². The van der Waals surface area contributed by atoms with E-state index < -0.39 is 11.8 Å². The predicted molar refractivity (Wildman–Crippen MR) is 74.1 cm³/mol. The Morgan fingerprint density at radius 3 is 2.85 bits per heavy atom. The minimum atomic E-state index is -0.954. The molecule has 2 aromatic rings. The molecule has 2 rings (SSSR count). The third-order valence-electron chi connectivity index (χ3n) is 2.50. The fraction of sp³-hybridized carbons (Fsp3) is 0.250. The van der Waals surface area contributed by atoms with Crippen molar-refractivity contribution < 1.29 is 14.3 Å². The molecule has 1 heterocycles. The zero-order chi connectivity index (χ0) is 14.7. The van der Waals surface area contributed by atoms with Crippen molar-refractivity contribution in [3.8, 4) is 5.69 Å². The second-order valence-electron chi connectivity index (χ2n) is 3.87. The zero-order valence-electron chi connectivity index (χ0n) is 10.5. The number of aliphatic carboxylic acids is 1. The molecule has 8 heteroatoms. The second-order valence-corrected chi connectivity index (χ2v) is 5.22. The Labute approximate surface area is 123 Å². The minimum absolute atomic E-state index is 0.0274. The lowest BCUT2D eigenvalue weighted by Gasteiger charge is -2.09. The van der Waals surface area contributed by atoms with Crippen molar-refractivity contribution >= 4 is 29.3 Å². The molecule has 0 unspecified atom stereocenters. The van der Waals surface area contributed by atoms with Crippen molar-refractivity contribution in [2.45, 2.75) is 18.5 Å². The summed E-state index contributed by atoms with van der Waals surface area (Å²) in [4.78, 5) is 10.6. The number of aromatic nitrogens is 3. The molecule has 0 radical (unpaired) electrons. The number of hydrogen-bond acceptors (Lipinski definition) is 4. The molecule has 0 saturated carbocycles. The van der Waals surface area contributed by atoms with Crippen LogP contribution in [-0.4, -0.2) is 31.6 Å². The molecule has 0 aliphatic heterocycles. The van der Waals surface area contributed by atoms with E-state index in [4.69, 9.17) is 16.7 Å². The first-order chi connectivity index (χ1) is 9.52. The van der Waals surface area contributed by atoms with E-state index in [-0.39, 0.29) is 10.8 Å². The van der Waals surface area contributed by atoms with Gasteiger partial charge in [0.25, 0.3) is 0 Å². The molecule has 20 heavy (non-hydrogen) atoms. The average molecular weight is 316 g/mol. The van der Waals surface area contributed by atoms with Crippen molar-refractivity contribution in [2.24, 2.45) is 0 Å². The summed E-state index contributed by atoms with van der Waals surface area (Å²) in [6.45, 7) is 1.89. The largest absolute Gasteiger partial charge is 0.481 e. The number of halogens is 2. The standard InChI is InChI=1S/C12H11ClFN3O2S/c1-2-10-15-16-12(20-6-11(18)19)17(10)7-3-4-8(13)9(14)5-7/h3-5H,2,6H2,1H3,(H,18,19). The lowest BCUT2D eigenvalue weighted by atomic mass is 10.3. The SMILES string of the molecule is CCc1nnc(SCC(=O)O)n1-c1ccc(Cl)c(F)c1. The van der Waals surface area contributed by atoms with Crippen LogP contribution in [0.25, 0.3) is 5.69 Å². The van der Waals surface area contributed by atoms with Gasteiger partial charge in [-0.1, -0.05) is 30.3 Å². The molecular weight excluding hydrogens is 305 g/mol. The summed E-state index contributed by atoms with van der Waals surface area (Å²) >= 11 is 6.69. The van der Waals surface area contributed by atoms with Crippen LogP contribution in [0.15, 0.2) is 23.4 Å². The number of carboxylic acids is 1. The molecule has 0 aliphatic carbocycles. The molecule has 0 bridgehead atoms. The molecule has 1 N–H and O–H groups in total. The summed E-state index contributed by atoms with van der Waals surface area (Å²) in [5.41, 5.74) is 0.515. The van der Waals surface area contributed by atoms with Gasteiger partial charge in [-0.2, -0.15) is 0 Å². The molecule has 106 valence electrons. The predicted octanol–water partition coefficient (Wildman–Crippen LogP) is 2.80. The number of benzene rings is 1. The molecule has 0 amide bonds. The molecule has 1 aromatic carbocycles. The zero-order valence-corrected chi connectivity index (χ0v) is 12.1. The summed E-state index contributed by atoms with van der Waals surface area (Å²) in [7, 11) is 0. The Morgan fingerprint density at radius 1 is 1.50 bits per heavy atom. The molecular formula is C12H11ClFN3O2S. The van der Waals surface area contributed by atoms with E-state index in [1.807, 2.05) is 6.92 Å². The highest BCUT2D eigenvalue weighted by Gasteiger charge is 2.15. The van der Waals surface area contributed by atoms with Crippen molar-refractivity contribution in [3.63, 3.8) is 0 Å². The summed E-state index contributed by atoms with van der Waals surface area (Å²) in [5.74, 6) is -1.02. The van der Waals surface area contributed by atoms with Crippen LogP contribution < -0.4 is 0 Å². The van der Waals surface area contributed by atoms with Gasteiger partial charge in [0.15, 0.2) is 5.16 Å². The Hall–Kier alpha value is -1.60. The van der Waals surface area contributed by atoms with Crippen LogP contribution >= 0.6 is 23.4 Å². The highest BCUT2D eigenvalue weighted by Crippen LogP contribution is 2.25. The quantitative estimate of drug-likeness (QED) is 0.859. The molecule has 1 aromatic heterocycles. The van der Waals surface area contributed by atoms with Crippen LogP contribution in [-0.2, 0) is 11.2 Å². The number of thioether (sulfide) groups is 1. The van der Waals surface area contributed by atoms with Gasteiger partial charge in [0, 0.05) is 6.42 Å². The maximum absolute atomic E-state index is 13.6. The maximum Gasteiger partial charge on any atom is 0.313 e. The van der Waals surface area contributed by atoms with Crippen molar-refractivity contribution in [3.05, 3.63) is 34.9 Å². The van der Waals surface area contributed by atoms with Crippen LogP contribution in [0.3, 0.4) is 0 Å². The number of aryl methyl sites for hydroxylation is 1. The second kappa shape index (κ2) is 6.23. The lowest BCUT2D eigenvalue weighted by Crippen LogP contribution is -2.04. The van der Waals surface area contributed by atoms with Crippen LogP contribution in [0.4, 0.5) is 4.39 Å². The lowest BCUT2D eigenvalue weighted by molar-refractivity contribution is -0.133. The normalized spacial score (nSPS) is 10.8. The molecule has 5 nitrogen and oxygen atoms in total. The Balaban J connectivity index is 2.44. The van der Waals surface area contributed by atoms with E-state index in [0.717, 1.165) is 11.8 Å². The van der Waals surface area contributed by atoms with Crippen molar-refractivity contribution in [1.29, 1.82) is 0 Å².